The summed E-state index contributed by atoms with van der Waals surface area (Å²) in [5.41, 5.74) is 0.977. The molecule has 0 saturated heterocycles. The maximum atomic E-state index is 8.64. The summed E-state index contributed by atoms with van der Waals surface area (Å²) in [5.74, 6) is 0. The van der Waals surface area contributed by atoms with Gasteiger partial charge < -0.3 is 5.21 Å². The Morgan fingerprint density at radius 2 is 1.54 bits per heavy atom. The van der Waals surface area contributed by atoms with E-state index in [0.29, 0.717) is 0 Å². The van der Waals surface area contributed by atoms with Crippen LogP contribution in [0.1, 0.15) is 58.8 Å². The van der Waals surface area contributed by atoms with E-state index in [1.54, 1.807) is 0 Å². The molecule has 0 bridgehead atoms. The third-order valence-corrected chi connectivity index (χ3v) is 2.03. The van der Waals surface area contributed by atoms with Gasteiger partial charge in [-0.2, -0.15) is 0 Å². The Balaban J connectivity index is 0. The molecule has 0 rings (SSSR count). The van der Waals surface area contributed by atoms with Crippen molar-refractivity contribution in [2.24, 2.45) is 5.16 Å². The van der Waals surface area contributed by atoms with Crippen LogP contribution < -0.4 is 0 Å². The predicted octanol–water partition coefficient (Wildman–Crippen LogP) is 4.01. The molecule has 0 spiro atoms. The number of nitrogens with zero attached hydrogens (tertiary/aromatic N) is 1. The lowest BCUT2D eigenvalue weighted by Gasteiger charge is -2.01. The molecule has 0 fully saturated rings. The minimum atomic E-state index is 0. The maximum absolute atomic E-state index is 8.64. The monoisotopic (exact) mass is 207 g/mol. The van der Waals surface area contributed by atoms with E-state index in [-0.39, 0.29) is 12.4 Å². The smallest absolute Gasteiger partial charge is 0.0570 e. The van der Waals surface area contributed by atoms with Crippen LogP contribution >= 0.6 is 12.4 Å². The highest BCUT2D eigenvalue weighted by Crippen LogP contribution is 2.06. The molecule has 13 heavy (non-hydrogen) atoms. The molecule has 0 saturated carbocycles. The van der Waals surface area contributed by atoms with Gasteiger partial charge in [-0.25, -0.2) is 0 Å². The van der Waals surface area contributed by atoms with E-state index in [0.717, 1.165) is 25.0 Å². The number of hydrogen-bond donors (Lipinski definition) is 1. The standard InChI is InChI=1S/C10H21NO.ClH/c1-3-5-7-9-10(11-12)8-6-4-2;/h12H,3-9H2,1-2H3;1H. The van der Waals surface area contributed by atoms with Crippen LogP contribution in [0, 0.1) is 0 Å². The van der Waals surface area contributed by atoms with E-state index in [4.69, 9.17) is 5.21 Å². The van der Waals surface area contributed by atoms with Crippen molar-refractivity contribution in [3.8, 4) is 0 Å². The molecular formula is C10H22ClNO. The molecule has 1 N–H and O–H groups in total. The molecule has 0 aliphatic carbocycles. The second-order valence-electron chi connectivity index (χ2n) is 3.23. The minimum absolute atomic E-state index is 0. The molecule has 0 unspecified atom stereocenters. The van der Waals surface area contributed by atoms with Crippen LogP contribution in [-0.2, 0) is 0 Å². The van der Waals surface area contributed by atoms with Gasteiger partial charge in [0.2, 0.25) is 0 Å². The molecule has 3 heteroatoms. The molecule has 0 aromatic carbocycles. The second kappa shape index (κ2) is 11.8. The van der Waals surface area contributed by atoms with E-state index >= 15 is 0 Å². The molecular weight excluding hydrogens is 186 g/mol. The summed E-state index contributed by atoms with van der Waals surface area (Å²) in [6.45, 7) is 4.34. The molecule has 80 valence electrons. The van der Waals surface area contributed by atoms with Gasteiger partial charge in [-0.15, -0.1) is 12.4 Å². The Morgan fingerprint density at radius 1 is 1.00 bits per heavy atom. The van der Waals surface area contributed by atoms with Crippen molar-refractivity contribution in [2.45, 2.75) is 58.8 Å². The fraction of sp³-hybridized carbons (Fsp3) is 0.900. The van der Waals surface area contributed by atoms with Gasteiger partial charge in [0.1, 0.15) is 0 Å². The highest BCUT2D eigenvalue weighted by molar-refractivity contribution is 5.85. The topological polar surface area (TPSA) is 32.6 Å². The summed E-state index contributed by atoms with van der Waals surface area (Å²) >= 11 is 0. The highest BCUT2D eigenvalue weighted by Gasteiger charge is 1.98. The highest BCUT2D eigenvalue weighted by atomic mass is 35.5. The van der Waals surface area contributed by atoms with E-state index in [1.807, 2.05) is 0 Å². The first-order chi connectivity index (χ1) is 5.85. The average molecular weight is 208 g/mol. The Morgan fingerprint density at radius 3 is 2.00 bits per heavy atom. The van der Waals surface area contributed by atoms with Crippen molar-refractivity contribution >= 4 is 18.1 Å². The Kier molecular flexibility index (Phi) is 13.8. The lowest BCUT2D eigenvalue weighted by atomic mass is 10.1. The molecule has 2 nitrogen and oxygen atoms in total. The number of unbranched alkanes of at least 4 members (excludes halogenated alkanes) is 3. The Hall–Kier alpha value is -0.240. The van der Waals surface area contributed by atoms with Crippen LogP contribution in [0.3, 0.4) is 0 Å². The number of hydrogen-bond acceptors (Lipinski definition) is 2. The summed E-state index contributed by atoms with van der Waals surface area (Å²) in [4.78, 5) is 0. The molecule has 0 amide bonds. The van der Waals surface area contributed by atoms with Crippen LogP contribution in [0.15, 0.2) is 5.16 Å². The normalized spacial score (nSPS) is 11.1. The zero-order chi connectivity index (χ0) is 9.23. The number of rotatable bonds is 7. The van der Waals surface area contributed by atoms with E-state index < -0.39 is 0 Å². The first-order valence-electron chi connectivity index (χ1n) is 5.04. The van der Waals surface area contributed by atoms with Crippen molar-refractivity contribution in [2.75, 3.05) is 0 Å². The van der Waals surface area contributed by atoms with Crippen LogP contribution in [0.2, 0.25) is 0 Å². The number of halogens is 1. The third kappa shape index (κ3) is 9.68. The van der Waals surface area contributed by atoms with Crippen LogP contribution in [0.4, 0.5) is 0 Å². The average Bonchev–Trinajstić information content (AvgIpc) is 2.11. The van der Waals surface area contributed by atoms with Crippen molar-refractivity contribution < 1.29 is 5.21 Å². The zero-order valence-electron chi connectivity index (χ0n) is 8.75. The predicted molar refractivity (Wildman–Crippen MR) is 60.1 cm³/mol. The zero-order valence-corrected chi connectivity index (χ0v) is 9.57. The first kappa shape index (κ1) is 15.2. The van der Waals surface area contributed by atoms with Crippen molar-refractivity contribution in [3.05, 3.63) is 0 Å². The largest absolute Gasteiger partial charge is 0.411 e. The van der Waals surface area contributed by atoms with Crippen LogP contribution in [0.5, 0.6) is 0 Å². The fourth-order valence-electron chi connectivity index (χ4n) is 1.18. The lowest BCUT2D eigenvalue weighted by molar-refractivity contribution is 0.315. The van der Waals surface area contributed by atoms with Gasteiger partial charge in [-0.1, -0.05) is 38.3 Å². The van der Waals surface area contributed by atoms with Gasteiger partial charge in [-0.3, -0.25) is 0 Å². The molecule has 0 aromatic rings. The SMILES string of the molecule is CCCCCC(CCCC)=NO.Cl. The molecule has 0 heterocycles. The molecule has 0 atom stereocenters. The summed E-state index contributed by atoms with van der Waals surface area (Å²) in [7, 11) is 0. The summed E-state index contributed by atoms with van der Waals surface area (Å²) < 4.78 is 0. The molecule has 0 aliphatic heterocycles. The summed E-state index contributed by atoms with van der Waals surface area (Å²) in [6.07, 6.45) is 7.90. The van der Waals surface area contributed by atoms with Gasteiger partial charge in [0, 0.05) is 0 Å². The molecule has 0 aromatic heterocycles. The third-order valence-electron chi connectivity index (χ3n) is 2.03. The number of oxime groups is 1. The summed E-state index contributed by atoms with van der Waals surface area (Å²) in [5, 5.41) is 12.0. The van der Waals surface area contributed by atoms with Gasteiger partial charge in [-0.05, 0) is 25.7 Å². The van der Waals surface area contributed by atoms with E-state index in [1.165, 1.54) is 25.7 Å². The van der Waals surface area contributed by atoms with Crippen molar-refractivity contribution in [1.82, 2.24) is 0 Å². The first-order valence-corrected chi connectivity index (χ1v) is 5.04. The van der Waals surface area contributed by atoms with Crippen molar-refractivity contribution in [3.63, 3.8) is 0 Å². The van der Waals surface area contributed by atoms with E-state index in [2.05, 4.69) is 19.0 Å². The maximum Gasteiger partial charge on any atom is 0.0570 e. The van der Waals surface area contributed by atoms with E-state index in [9.17, 15) is 0 Å². The fourth-order valence-corrected chi connectivity index (χ4v) is 1.18. The molecule has 0 radical (unpaired) electrons. The summed E-state index contributed by atoms with van der Waals surface area (Å²) in [6, 6.07) is 0. The minimum Gasteiger partial charge on any atom is -0.411 e. The van der Waals surface area contributed by atoms with Gasteiger partial charge >= 0.3 is 0 Å². The van der Waals surface area contributed by atoms with Crippen molar-refractivity contribution in [1.29, 1.82) is 0 Å². The van der Waals surface area contributed by atoms with Gasteiger partial charge in [0.05, 0.1) is 5.71 Å². The molecule has 0 aliphatic rings. The Bertz CT molecular complexity index is 126. The second-order valence-corrected chi connectivity index (χ2v) is 3.23. The van der Waals surface area contributed by atoms with Gasteiger partial charge in [0.15, 0.2) is 0 Å². The van der Waals surface area contributed by atoms with Crippen LogP contribution in [-0.4, -0.2) is 10.9 Å². The Labute approximate surface area is 87.8 Å². The lowest BCUT2D eigenvalue weighted by Crippen LogP contribution is -1.98. The quantitative estimate of drug-likeness (QED) is 0.291. The van der Waals surface area contributed by atoms with Crippen LogP contribution in [0.25, 0.3) is 0 Å². The van der Waals surface area contributed by atoms with Gasteiger partial charge in [0.25, 0.3) is 0 Å².